The Morgan fingerprint density at radius 2 is 1.39 bits per heavy atom. The Labute approximate surface area is 260 Å². The monoisotopic (exact) mass is 613 g/mol. The maximum absolute atomic E-state index is 14.2. The number of nitrogens with zero attached hydrogens (tertiary/aromatic N) is 2. The van der Waals surface area contributed by atoms with E-state index in [0.717, 1.165) is 21.9 Å². The molecule has 0 saturated carbocycles. The summed E-state index contributed by atoms with van der Waals surface area (Å²) in [7, 11) is -4.16. The minimum absolute atomic E-state index is 0.0511. The first-order chi connectivity index (χ1) is 21.2. The van der Waals surface area contributed by atoms with Crippen LogP contribution in [0.4, 0.5) is 5.69 Å². The molecule has 0 aliphatic rings. The lowest BCUT2D eigenvalue weighted by molar-refractivity contribution is -0.140. The van der Waals surface area contributed by atoms with Gasteiger partial charge in [0.25, 0.3) is 10.0 Å². The van der Waals surface area contributed by atoms with E-state index in [1.807, 2.05) is 75.4 Å². The van der Waals surface area contributed by atoms with Gasteiger partial charge in [0.2, 0.25) is 11.8 Å². The molecule has 4 aromatic rings. The molecule has 4 rings (SSSR count). The summed E-state index contributed by atoms with van der Waals surface area (Å²) < 4.78 is 35.0. The van der Waals surface area contributed by atoms with Crippen molar-refractivity contribution < 1.29 is 22.7 Å². The van der Waals surface area contributed by atoms with Gasteiger partial charge in [0.1, 0.15) is 24.1 Å². The zero-order valence-electron chi connectivity index (χ0n) is 25.3. The van der Waals surface area contributed by atoms with E-state index < -0.39 is 28.5 Å². The molecule has 230 valence electrons. The molecule has 0 saturated heterocycles. The molecule has 1 atom stereocenters. The fourth-order valence-corrected chi connectivity index (χ4v) is 6.16. The van der Waals surface area contributed by atoms with Crippen LogP contribution in [0.2, 0.25) is 0 Å². The van der Waals surface area contributed by atoms with Gasteiger partial charge in [0.15, 0.2) is 0 Å². The quantitative estimate of drug-likeness (QED) is 0.180. The summed E-state index contributed by atoms with van der Waals surface area (Å²) >= 11 is 0. The van der Waals surface area contributed by atoms with E-state index >= 15 is 0 Å². The van der Waals surface area contributed by atoms with Gasteiger partial charge in [-0.25, -0.2) is 8.42 Å². The van der Waals surface area contributed by atoms with E-state index in [2.05, 4.69) is 5.32 Å². The lowest BCUT2D eigenvalue weighted by Gasteiger charge is -2.33. The summed E-state index contributed by atoms with van der Waals surface area (Å²) in [4.78, 5) is 28.9. The first kappa shape index (κ1) is 32.3. The second-order valence-electron chi connectivity index (χ2n) is 10.5. The molecule has 0 spiro atoms. The molecule has 1 N–H and O–H groups in total. The van der Waals surface area contributed by atoms with Crippen molar-refractivity contribution in [3.8, 4) is 11.5 Å². The zero-order valence-corrected chi connectivity index (χ0v) is 26.2. The first-order valence-corrected chi connectivity index (χ1v) is 16.2. The Hall–Kier alpha value is -4.63. The van der Waals surface area contributed by atoms with Crippen molar-refractivity contribution in [2.24, 2.45) is 0 Å². The van der Waals surface area contributed by atoms with E-state index in [9.17, 15) is 18.0 Å². The van der Waals surface area contributed by atoms with Crippen LogP contribution in [0, 0.1) is 6.92 Å². The number of carbonyl (C=O) groups is 2. The molecule has 0 aromatic heterocycles. The number of aryl methyl sites for hydroxylation is 1. The smallest absolute Gasteiger partial charge is 0.264 e. The fourth-order valence-electron chi connectivity index (χ4n) is 4.73. The molecule has 2 amide bonds. The summed E-state index contributed by atoms with van der Waals surface area (Å²) in [6, 6.07) is 30.7. The zero-order chi connectivity index (χ0) is 31.5. The molecule has 0 heterocycles. The Bertz CT molecular complexity index is 1610. The van der Waals surface area contributed by atoms with Crippen molar-refractivity contribution in [1.82, 2.24) is 10.2 Å². The highest BCUT2D eigenvalue weighted by atomic mass is 32.2. The molecular weight excluding hydrogens is 574 g/mol. The minimum atomic E-state index is -4.16. The van der Waals surface area contributed by atoms with Crippen molar-refractivity contribution in [3.05, 3.63) is 120 Å². The van der Waals surface area contributed by atoms with Gasteiger partial charge in [-0.1, -0.05) is 80.1 Å². The number of carbonyl (C=O) groups excluding carboxylic acids is 2. The summed E-state index contributed by atoms with van der Waals surface area (Å²) in [5.74, 6) is 0.397. The molecule has 0 aliphatic heterocycles. The molecule has 44 heavy (non-hydrogen) atoms. The second-order valence-corrected chi connectivity index (χ2v) is 12.3. The standard InChI is InChI=1S/C35H39N3O5S/c1-4-24-36-35(40)33(5-2)37(25-28-18-16-27(3)17-19-28)34(39)26-38(44(41,42)32-14-10-7-11-15-32)29-20-22-31(23-21-29)43-30-12-8-6-9-13-30/h6-23,33H,4-5,24-26H2,1-3H3,(H,36,40)/t33-/m1/s1. The maximum Gasteiger partial charge on any atom is 0.264 e. The molecule has 9 heteroatoms. The maximum atomic E-state index is 14.2. The highest BCUT2D eigenvalue weighted by Crippen LogP contribution is 2.28. The summed E-state index contributed by atoms with van der Waals surface area (Å²) in [6.07, 6.45) is 1.12. The number of sulfonamides is 1. The lowest BCUT2D eigenvalue weighted by Crippen LogP contribution is -2.52. The number of hydrogen-bond donors (Lipinski definition) is 1. The molecule has 8 nitrogen and oxygen atoms in total. The van der Waals surface area contributed by atoms with Gasteiger partial charge in [0, 0.05) is 13.1 Å². The van der Waals surface area contributed by atoms with Gasteiger partial charge < -0.3 is 15.0 Å². The predicted molar refractivity (Wildman–Crippen MR) is 173 cm³/mol. The third kappa shape index (κ3) is 8.26. The third-order valence-electron chi connectivity index (χ3n) is 7.12. The van der Waals surface area contributed by atoms with Crippen molar-refractivity contribution in [2.75, 3.05) is 17.4 Å². The topological polar surface area (TPSA) is 96.0 Å². The van der Waals surface area contributed by atoms with Crippen LogP contribution in [0.5, 0.6) is 11.5 Å². The molecule has 0 fully saturated rings. The van der Waals surface area contributed by atoms with Crippen molar-refractivity contribution in [1.29, 1.82) is 0 Å². The van der Waals surface area contributed by atoms with Gasteiger partial charge in [-0.3, -0.25) is 13.9 Å². The lowest BCUT2D eigenvalue weighted by atomic mass is 10.1. The van der Waals surface area contributed by atoms with Crippen molar-refractivity contribution in [3.63, 3.8) is 0 Å². The number of hydrogen-bond acceptors (Lipinski definition) is 5. The SMILES string of the molecule is CCCNC(=O)[C@@H](CC)N(Cc1ccc(C)cc1)C(=O)CN(c1ccc(Oc2ccccc2)cc1)S(=O)(=O)c1ccccc1. The minimum Gasteiger partial charge on any atom is -0.457 e. The van der Waals surface area contributed by atoms with E-state index in [-0.39, 0.29) is 17.3 Å². The molecule has 0 aliphatic carbocycles. The van der Waals surface area contributed by atoms with Gasteiger partial charge in [-0.15, -0.1) is 0 Å². The number of benzene rings is 4. The molecule has 4 aromatic carbocycles. The van der Waals surface area contributed by atoms with Crippen LogP contribution in [0.1, 0.15) is 37.8 Å². The van der Waals surface area contributed by atoms with Crippen LogP contribution in [-0.2, 0) is 26.2 Å². The van der Waals surface area contributed by atoms with E-state index in [1.165, 1.54) is 17.0 Å². The largest absolute Gasteiger partial charge is 0.457 e. The Kier molecular flexibility index (Phi) is 11.2. The van der Waals surface area contributed by atoms with E-state index in [4.69, 9.17) is 4.74 Å². The van der Waals surface area contributed by atoms with Crippen molar-refractivity contribution >= 4 is 27.5 Å². The predicted octanol–water partition coefficient (Wildman–Crippen LogP) is 6.32. The fraction of sp³-hybridized carbons (Fsp3) is 0.257. The Morgan fingerprint density at radius 3 is 1.98 bits per heavy atom. The highest BCUT2D eigenvalue weighted by Gasteiger charge is 2.33. The van der Waals surface area contributed by atoms with Crippen LogP contribution in [0.15, 0.2) is 114 Å². The number of para-hydroxylation sites is 1. The molecular formula is C35H39N3O5S. The number of nitrogens with one attached hydrogen (secondary N) is 1. The van der Waals surface area contributed by atoms with E-state index in [0.29, 0.717) is 30.2 Å². The van der Waals surface area contributed by atoms with E-state index in [1.54, 1.807) is 42.5 Å². The van der Waals surface area contributed by atoms with Crippen LogP contribution in [0.3, 0.4) is 0 Å². The second kappa shape index (κ2) is 15.2. The van der Waals surface area contributed by atoms with Crippen molar-refractivity contribution in [2.45, 2.75) is 51.1 Å². The van der Waals surface area contributed by atoms with Gasteiger partial charge in [0.05, 0.1) is 10.6 Å². The first-order valence-electron chi connectivity index (χ1n) is 14.8. The number of amides is 2. The van der Waals surface area contributed by atoms with Crippen LogP contribution >= 0.6 is 0 Å². The molecule has 0 radical (unpaired) electrons. The molecule has 0 bridgehead atoms. The Morgan fingerprint density at radius 1 is 0.795 bits per heavy atom. The Balaban J connectivity index is 1.70. The van der Waals surface area contributed by atoms with Gasteiger partial charge >= 0.3 is 0 Å². The van der Waals surface area contributed by atoms with Crippen LogP contribution in [0.25, 0.3) is 0 Å². The number of anilines is 1. The van der Waals surface area contributed by atoms with Gasteiger partial charge in [-0.05, 0) is 73.9 Å². The third-order valence-corrected chi connectivity index (χ3v) is 8.91. The highest BCUT2D eigenvalue weighted by molar-refractivity contribution is 7.92. The normalized spacial score (nSPS) is 11.8. The average Bonchev–Trinajstić information content (AvgIpc) is 3.04. The summed E-state index contributed by atoms with van der Waals surface area (Å²) in [5, 5.41) is 2.90. The average molecular weight is 614 g/mol. The molecule has 0 unspecified atom stereocenters. The summed E-state index contributed by atoms with van der Waals surface area (Å²) in [6.45, 7) is 5.91. The van der Waals surface area contributed by atoms with Crippen LogP contribution in [-0.4, -0.2) is 44.3 Å². The summed E-state index contributed by atoms with van der Waals surface area (Å²) in [5.41, 5.74) is 2.20. The number of ether oxygens (including phenoxy) is 1. The van der Waals surface area contributed by atoms with Gasteiger partial charge in [-0.2, -0.15) is 0 Å². The number of rotatable bonds is 14. The van der Waals surface area contributed by atoms with Crippen LogP contribution < -0.4 is 14.4 Å².